The summed E-state index contributed by atoms with van der Waals surface area (Å²) in [5.41, 5.74) is 20.0. The highest BCUT2D eigenvalue weighted by molar-refractivity contribution is 5.80. The van der Waals surface area contributed by atoms with Crippen LogP contribution in [0.1, 0.15) is 49.9 Å². The molecule has 0 bridgehead atoms. The zero-order valence-electron chi connectivity index (χ0n) is 17.6. The van der Waals surface area contributed by atoms with Crippen molar-refractivity contribution in [3.05, 3.63) is 83.2 Å². The normalized spacial score (nSPS) is 23.6. The van der Waals surface area contributed by atoms with E-state index < -0.39 is 0 Å². The van der Waals surface area contributed by atoms with Crippen LogP contribution in [0.5, 0.6) is 0 Å². The van der Waals surface area contributed by atoms with E-state index in [4.69, 9.17) is 11.5 Å². The van der Waals surface area contributed by atoms with Crippen molar-refractivity contribution in [1.29, 1.82) is 0 Å². The topological polar surface area (TPSA) is 74.3 Å². The van der Waals surface area contributed by atoms with Crippen molar-refractivity contribution in [2.75, 3.05) is 0 Å². The molecule has 2 aromatic carbocycles. The molecule has 3 unspecified atom stereocenters. The molecule has 156 valence electrons. The number of nitrogens with two attached hydrogens (primary N) is 2. The average molecular weight is 402 g/mol. The highest BCUT2D eigenvalue weighted by Crippen LogP contribution is 2.40. The molecule has 0 spiro atoms. The first-order valence-corrected chi connectivity index (χ1v) is 11.0. The lowest BCUT2D eigenvalue weighted by Gasteiger charge is -2.52. The van der Waals surface area contributed by atoms with Crippen LogP contribution in [0.4, 0.5) is 0 Å². The predicted octanol–water partition coefficient (Wildman–Crippen LogP) is 4.40. The van der Waals surface area contributed by atoms with Crippen LogP contribution in [0.15, 0.2) is 71.9 Å². The summed E-state index contributed by atoms with van der Waals surface area (Å²) in [6.45, 7) is 3.00. The van der Waals surface area contributed by atoms with Crippen LogP contribution in [0.3, 0.4) is 0 Å². The molecule has 5 heteroatoms. The molecule has 1 aliphatic heterocycles. The number of para-hydroxylation sites is 1. The Morgan fingerprint density at radius 2 is 1.73 bits per heavy atom. The van der Waals surface area contributed by atoms with E-state index in [1.54, 1.807) is 0 Å². The van der Waals surface area contributed by atoms with Gasteiger partial charge in [-0.05, 0) is 61.3 Å². The third kappa shape index (κ3) is 3.33. The van der Waals surface area contributed by atoms with Gasteiger partial charge in [0.1, 0.15) is 6.29 Å². The molecule has 0 amide bonds. The summed E-state index contributed by atoms with van der Waals surface area (Å²) in [6, 6.07) is 21.3. The lowest BCUT2D eigenvalue weighted by Crippen LogP contribution is -2.64. The number of aromatic nitrogens is 1. The Balaban J connectivity index is 1.53. The monoisotopic (exact) mass is 401 g/mol. The number of nitrogens with one attached hydrogen (secondary N) is 1. The molecule has 5 N–H and O–H groups in total. The molecule has 3 atom stereocenters. The van der Waals surface area contributed by atoms with E-state index in [2.05, 4.69) is 76.3 Å². The SMILES string of the molecule is CC(c1cc2ccccc2[nH]1)N1C2=C(CCCC2)C(N)N(Cc2ccccc2)C1N. The quantitative estimate of drug-likeness (QED) is 0.606. The molecule has 2 heterocycles. The number of nitrogens with zero attached hydrogens (tertiary/aromatic N) is 2. The Bertz CT molecular complexity index is 1020. The molecule has 30 heavy (non-hydrogen) atoms. The second kappa shape index (κ2) is 7.91. The highest BCUT2D eigenvalue weighted by Gasteiger charge is 2.40. The Morgan fingerprint density at radius 1 is 1.00 bits per heavy atom. The molecule has 0 saturated carbocycles. The zero-order valence-corrected chi connectivity index (χ0v) is 17.6. The molecule has 5 nitrogen and oxygen atoms in total. The lowest BCUT2D eigenvalue weighted by molar-refractivity contribution is -0.00860. The first-order valence-electron chi connectivity index (χ1n) is 11.0. The van der Waals surface area contributed by atoms with E-state index in [1.807, 2.05) is 6.07 Å². The maximum Gasteiger partial charge on any atom is 0.136 e. The van der Waals surface area contributed by atoms with E-state index in [0.29, 0.717) is 0 Å². The summed E-state index contributed by atoms with van der Waals surface area (Å²) in [5.74, 6) is 0. The van der Waals surface area contributed by atoms with Gasteiger partial charge in [-0.1, -0.05) is 48.5 Å². The zero-order chi connectivity index (χ0) is 20.7. The third-order valence-electron chi connectivity index (χ3n) is 6.76. The number of allylic oxidation sites excluding steroid dienone is 1. The number of fused-ring (bicyclic) bond motifs is 1. The van der Waals surface area contributed by atoms with Gasteiger partial charge >= 0.3 is 0 Å². The van der Waals surface area contributed by atoms with E-state index in [9.17, 15) is 0 Å². The maximum atomic E-state index is 6.92. The van der Waals surface area contributed by atoms with Crippen LogP contribution >= 0.6 is 0 Å². The number of hydrogen-bond acceptors (Lipinski definition) is 4. The van der Waals surface area contributed by atoms with Crippen molar-refractivity contribution in [3.63, 3.8) is 0 Å². The molecule has 1 aromatic heterocycles. The first-order chi connectivity index (χ1) is 14.6. The second-order valence-corrected chi connectivity index (χ2v) is 8.59. The van der Waals surface area contributed by atoms with Crippen LogP contribution in [0.25, 0.3) is 10.9 Å². The molecule has 0 saturated heterocycles. The summed E-state index contributed by atoms with van der Waals surface area (Å²) in [4.78, 5) is 8.27. The largest absolute Gasteiger partial charge is 0.357 e. The molecular weight excluding hydrogens is 370 g/mol. The lowest BCUT2D eigenvalue weighted by atomic mass is 9.89. The van der Waals surface area contributed by atoms with Gasteiger partial charge in [0.05, 0.1) is 12.2 Å². The van der Waals surface area contributed by atoms with Crippen LogP contribution in [0.2, 0.25) is 0 Å². The fourth-order valence-electron chi connectivity index (χ4n) is 5.13. The number of H-pyrrole nitrogens is 1. The fraction of sp³-hybridized carbons (Fsp3) is 0.360. The second-order valence-electron chi connectivity index (χ2n) is 8.59. The van der Waals surface area contributed by atoms with Crippen LogP contribution in [0, 0.1) is 0 Å². The van der Waals surface area contributed by atoms with E-state index in [1.165, 1.54) is 46.3 Å². The number of rotatable bonds is 4. The molecular formula is C25H31N5. The first kappa shape index (κ1) is 19.4. The van der Waals surface area contributed by atoms with Gasteiger partial charge in [0.15, 0.2) is 0 Å². The van der Waals surface area contributed by atoms with Crippen molar-refractivity contribution in [3.8, 4) is 0 Å². The van der Waals surface area contributed by atoms with E-state index in [0.717, 1.165) is 19.4 Å². The fourth-order valence-corrected chi connectivity index (χ4v) is 5.13. The van der Waals surface area contributed by atoms with Gasteiger partial charge in [0, 0.05) is 23.5 Å². The molecule has 0 radical (unpaired) electrons. The van der Waals surface area contributed by atoms with Crippen molar-refractivity contribution in [2.24, 2.45) is 11.5 Å². The molecule has 3 aromatic rings. The maximum absolute atomic E-state index is 6.92. The smallest absolute Gasteiger partial charge is 0.136 e. The summed E-state index contributed by atoms with van der Waals surface area (Å²) in [7, 11) is 0. The van der Waals surface area contributed by atoms with Gasteiger partial charge in [-0.15, -0.1) is 0 Å². The third-order valence-corrected chi connectivity index (χ3v) is 6.76. The molecule has 0 fully saturated rings. The molecule has 1 aliphatic carbocycles. The minimum atomic E-state index is -0.265. The number of aromatic amines is 1. The Kier molecular flexibility index (Phi) is 5.11. The van der Waals surface area contributed by atoms with Crippen molar-refractivity contribution in [2.45, 2.75) is 57.6 Å². The Labute approximate surface area is 178 Å². The minimum absolute atomic E-state index is 0.123. The van der Waals surface area contributed by atoms with Crippen LogP contribution in [-0.4, -0.2) is 27.2 Å². The summed E-state index contributed by atoms with van der Waals surface area (Å²) in [6.07, 6.45) is 4.13. The van der Waals surface area contributed by atoms with E-state index >= 15 is 0 Å². The molecule has 2 aliphatic rings. The minimum Gasteiger partial charge on any atom is -0.357 e. The number of benzene rings is 2. The highest BCUT2D eigenvalue weighted by atomic mass is 15.5. The van der Waals surface area contributed by atoms with Gasteiger partial charge in [-0.2, -0.15) is 0 Å². The molecule has 5 rings (SSSR count). The van der Waals surface area contributed by atoms with Gasteiger partial charge in [0.2, 0.25) is 0 Å². The van der Waals surface area contributed by atoms with Crippen molar-refractivity contribution >= 4 is 10.9 Å². The summed E-state index contributed by atoms with van der Waals surface area (Å²) < 4.78 is 0. The summed E-state index contributed by atoms with van der Waals surface area (Å²) >= 11 is 0. The van der Waals surface area contributed by atoms with E-state index in [-0.39, 0.29) is 18.5 Å². The predicted molar refractivity (Wildman–Crippen MR) is 122 cm³/mol. The average Bonchev–Trinajstić information content (AvgIpc) is 3.22. The standard InChI is InChI=1S/C25H31N5/c1-17(22-15-19-11-5-7-13-21(19)28-22)30-23-14-8-6-12-20(23)24(26)29(25(30)27)16-18-9-3-2-4-10-18/h2-5,7,9-11,13,15,17,24-25,28H,6,8,12,14,16,26-27H2,1H3. The Morgan fingerprint density at radius 3 is 2.53 bits per heavy atom. The van der Waals surface area contributed by atoms with Gasteiger partial charge < -0.3 is 15.6 Å². The Hall–Kier alpha value is -2.60. The van der Waals surface area contributed by atoms with Gasteiger partial charge in [0.25, 0.3) is 0 Å². The van der Waals surface area contributed by atoms with Gasteiger partial charge in [-0.25, -0.2) is 4.90 Å². The van der Waals surface area contributed by atoms with Crippen molar-refractivity contribution in [1.82, 2.24) is 14.8 Å². The number of hydrogen-bond donors (Lipinski definition) is 3. The van der Waals surface area contributed by atoms with Gasteiger partial charge in [-0.3, -0.25) is 5.73 Å². The van der Waals surface area contributed by atoms with Crippen molar-refractivity contribution < 1.29 is 0 Å². The summed E-state index contributed by atoms with van der Waals surface area (Å²) in [5, 5.41) is 1.24. The van der Waals surface area contributed by atoms with Crippen LogP contribution < -0.4 is 11.5 Å². The van der Waals surface area contributed by atoms with Crippen LogP contribution in [-0.2, 0) is 6.54 Å².